The third-order valence-corrected chi connectivity index (χ3v) is 6.72. The Morgan fingerprint density at radius 1 is 1.03 bits per heavy atom. The number of hydrogen-bond donors (Lipinski definition) is 3. The fourth-order valence-corrected chi connectivity index (χ4v) is 4.47. The minimum absolute atomic E-state index is 0.213. The zero-order valence-electron chi connectivity index (χ0n) is 18.7. The molecule has 0 spiro atoms. The zero-order chi connectivity index (χ0) is 23.5. The van der Waals surface area contributed by atoms with Gasteiger partial charge in [0.15, 0.2) is 5.82 Å². The number of likely N-dealkylation sites (N-methyl/N-ethyl adjacent to an activating group) is 1. The van der Waals surface area contributed by atoms with Crippen LogP contribution in [0.1, 0.15) is 25.7 Å². The highest BCUT2D eigenvalue weighted by Gasteiger charge is 2.16. The number of aromatic amines is 1. The number of H-pyrrole nitrogens is 1. The van der Waals surface area contributed by atoms with Crippen LogP contribution in [-0.2, 0) is 6.54 Å². The van der Waals surface area contributed by atoms with Gasteiger partial charge in [0.25, 0.3) is 11.8 Å². The molecule has 0 radical (unpaired) electrons. The lowest BCUT2D eigenvalue weighted by atomic mass is 10.1. The molecule has 2 aromatic heterocycles. The van der Waals surface area contributed by atoms with E-state index < -0.39 is 0 Å². The first-order chi connectivity index (χ1) is 16.6. The van der Waals surface area contributed by atoms with Gasteiger partial charge in [-0.2, -0.15) is 5.10 Å². The molecule has 10 heteroatoms. The largest absolute Gasteiger partial charge is 0.369 e. The summed E-state index contributed by atoms with van der Waals surface area (Å²) in [6.45, 7) is 4.37. The van der Waals surface area contributed by atoms with E-state index in [0.717, 1.165) is 42.4 Å². The van der Waals surface area contributed by atoms with Crippen molar-refractivity contribution in [2.24, 2.45) is 0 Å². The maximum Gasteiger partial charge on any atom is 0.256 e. The molecule has 5 rings (SSSR count). The number of hydrogen-bond acceptors (Lipinski definition) is 7. The maximum absolute atomic E-state index is 12.9. The molecule has 3 N–H and O–H groups in total. The number of fused-ring (bicyclic) bond motifs is 1. The SMILES string of the molecule is CN1CCN(c2ccc(C(=O)Nc3n[nH]c4ccc(C(=O)NCc5nccs5)cc34)cc2)CC1. The van der Waals surface area contributed by atoms with E-state index in [1.54, 1.807) is 24.4 Å². The van der Waals surface area contributed by atoms with E-state index in [4.69, 9.17) is 0 Å². The summed E-state index contributed by atoms with van der Waals surface area (Å²) in [6.07, 6.45) is 1.71. The summed E-state index contributed by atoms with van der Waals surface area (Å²) in [5, 5.41) is 16.2. The molecule has 4 aromatic rings. The molecule has 34 heavy (non-hydrogen) atoms. The lowest BCUT2D eigenvalue weighted by Gasteiger charge is -2.34. The monoisotopic (exact) mass is 475 g/mol. The average Bonchev–Trinajstić information content (AvgIpc) is 3.53. The summed E-state index contributed by atoms with van der Waals surface area (Å²) in [6, 6.07) is 12.8. The Bertz CT molecular complexity index is 1290. The molecule has 1 fully saturated rings. The molecule has 2 aromatic carbocycles. The number of carbonyl (C=O) groups is 2. The zero-order valence-corrected chi connectivity index (χ0v) is 19.6. The maximum atomic E-state index is 12.9. The second-order valence-corrected chi connectivity index (χ2v) is 9.21. The summed E-state index contributed by atoms with van der Waals surface area (Å²) in [5.41, 5.74) is 2.88. The van der Waals surface area contributed by atoms with Crippen molar-refractivity contribution < 1.29 is 9.59 Å². The van der Waals surface area contributed by atoms with Gasteiger partial charge >= 0.3 is 0 Å². The number of carbonyl (C=O) groups excluding carboxylic acids is 2. The summed E-state index contributed by atoms with van der Waals surface area (Å²) >= 11 is 1.49. The number of benzene rings is 2. The van der Waals surface area contributed by atoms with Crippen molar-refractivity contribution in [1.82, 2.24) is 25.4 Å². The molecule has 0 bridgehead atoms. The van der Waals surface area contributed by atoms with Gasteiger partial charge < -0.3 is 20.4 Å². The van der Waals surface area contributed by atoms with Crippen molar-refractivity contribution in [1.29, 1.82) is 0 Å². The van der Waals surface area contributed by atoms with Gasteiger partial charge in [0, 0.05) is 60.0 Å². The topological polar surface area (TPSA) is 106 Å². The smallest absolute Gasteiger partial charge is 0.256 e. The van der Waals surface area contributed by atoms with Crippen LogP contribution in [0.5, 0.6) is 0 Å². The van der Waals surface area contributed by atoms with Crippen LogP contribution in [0.3, 0.4) is 0 Å². The predicted octanol–water partition coefficient (Wildman–Crippen LogP) is 2.95. The van der Waals surface area contributed by atoms with Gasteiger partial charge in [-0.05, 0) is 49.5 Å². The second kappa shape index (κ2) is 9.62. The van der Waals surface area contributed by atoms with Crippen LogP contribution in [0.25, 0.3) is 10.9 Å². The molecule has 0 unspecified atom stereocenters. The van der Waals surface area contributed by atoms with E-state index in [1.165, 1.54) is 11.3 Å². The van der Waals surface area contributed by atoms with Crippen LogP contribution in [0, 0.1) is 0 Å². The molecule has 0 aliphatic carbocycles. The average molecular weight is 476 g/mol. The lowest BCUT2D eigenvalue weighted by molar-refractivity contribution is 0.0950. The predicted molar refractivity (Wildman–Crippen MR) is 133 cm³/mol. The first kappa shape index (κ1) is 22.1. The van der Waals surface area contributed by atoms with E-state index in [1.807, 2.05) is 29.6 Å². The highest BCUT2D eigenvalue weighted by Crippen LogP contribution is 2.23. The molecule has 9 nitrogen and oxygen atoms in total. The Labute approximate surface area is 200 Å². The van der Waals surface area contributed by atoms with E-state index in [-0.39, 0.29) is 11.8 Å². The Balaban J connectivity index is 1.27. The van der Waals surface area contributed by atoms with Crippen molar-refractivity contribution in [2.75, 3.05) is 43.4 Å². The summed E-state index contributed by atoms with van der Waals surface area (Å²) in [7, 11) is 2.13. The van der Waals surface area contributed by atoms with E-state index in [9.17, 15) is 9.59 Å². The van der Waals surface area contributed by atoms with Crippen molar-refractivity contribution >= 4 is 45.6 Å². The van der Waals surface area contributed by atoms with Crippen LogP contribution in [0.4, 0.5) is 11.5 Å². The fourth-order valence-electron chi connectivity index (χ4n) is 3.92. The fraction of sp³-hybridized carbons (Fsp3) is 0.250. The molecule has 1 aliphatic heterocycles. The lowest BCUT2D eigenvalue weighted by Crippen LogP contribution is -2.44. The van der Waals surface area contributed by atoms with Crippen molar-refractivity contribution in [2.45, 2.75) is 6.54 Å². The summed E-state index contributed by atoms with van der Waals surface area (Å²) < 4.78 is 0. The van der Waals surface area contributed by atoms with Crippen molar-refractivity contribution in [3.8, 4) is 0 Å². The highest BCUT2D eigenvalue weighted by molar-refractivity contribution is 7.09. The number of aromatic nitrogens is 3. The minimum atomic E-state index is -0.253. The molecule has 174 valence electrons. The van der Waals surface area contributed by atoms with Crippen LogP contribution in [-0.4, -0.2) is 65.1 Å². The molecule has 1 aliphatic rings. The number of piperazine rings is 1. The van der Waals surface area contributed by atoms with Crippen molar-refractivity contribution in [3.05, 3.63) is 70.2 Å². The number of amides is 2. The standard InChI is InChI=1S/C24H25N7O2S/c1-30-9-11-31(12-10-30)18-5-2-16(3-6-18)24(33)27-22-19-14-17(4-7-20(19)28-29-22)23(32)26-15-21-25-8-13-34-21/h2-8,13-14H,9-12,15H2,1H3,(H,26,32)(H2,27,28,29,33). The van der Waals surface area contributed by atoms with Crippen LogP contribution in [0.15, 0.2) is 54.0 Å². The Hall–Kier alpha value is -3.76. The quantitative estimate of drug-likeness (QED) is 0.396. The summed E-state index contributed by atoms with van der Waals surface area (Å²) in [4.78, 5) is 34.3. The number of anilines is 2. The first-order valence-electron chi connectivity index (χ1n) is 11.1. The van der Waals surface area contributed by atoms with Crippen molar-refractivity contribution in [3.63, 3.8) is 0 Å². The first-order valence-corrected chi connectivity index (χ1v) is 11.9. The molecular formula is C24H25N7O2S. The van der Waals surface area contributed by atoms with E-state index in [0.29, 0.717) is 28.9 Å². The van der Waals surface area contributed by atoms with Gasteiger partial charge in [-0.15, -0.1) is 11.3 Å². The Morgan fingerprint density at radius 3 is 2.53 bits per heavy atom. The summed E-state index contributed by atoms with van der Waals surface area (Å²) in [5.74, 6) is -0.0789. The van der Waals surface area contributed by atoms with E-state index in [2.05, 4.69) is 42.7 Å². The molecule has 2 amide bonds. The molecule has 0 saturated carbocycles. The van der Waals surface area contributed by atoms with Crippen LogP contribution >= 0.6 is 11.3 Å². The van der Waals surface area contributed by atoms with Crippen LogP contribution in [0.2, 0.25) is 0 Å². The van der Waals surface area contributed by atoms with Gasteiger partial charge in [-0.1, -0.05) is 0 Å². The van der Waals surface area contributed by atoms with Gasteiger partial charge in [0.2, 0.25) is 0 Å². The number of nitrogens with zero attached hydrogens (tertiary/aromatic N) is 4. The van der Waals surface area contributed by atoms with Gasteiger partial charge in [0.05, 0.1) is 12.1 Å². The Morgan fingerprint density at radius 2 is 1.79 bits per heavy atom. The Kier molecular flexibility index (Phi) is 6.24. The normalized spacial score (nSPS) is 14.3. The molecule has 0 atom stereocenters. The highest BCUT2D eigenvalue weighted by atomic mass is 32.1. The van der Waals surface area contributed by atoms with Gasteiger partial charge in [-0.3, -0.25) is 14.7 Å². The number of thiazole rings is 1. The van der Waals surface area contributed by atoms with Gasteiger partial charge in [-0.25, -0.2) is 4.98 Å². The minimum Gasteiger partial charge on any atom is -0.369 e. The third kappa shape index (κ3) is 4.78. The molecule has 1 saturated heterocycles. The number of rotatable bonds is 6. The van der Waals surface area contributed by atoms with E-state index >= 15 is 0 Å². The molecular weight excluding hydrogens is 450 g/mol. The number of nitrogens with one attached hydrogen (secondary N) is 3. The van der Waals surface area contributed by atoms with Crippen LogP contribution < -0.4 is 15.5 Å². The molecule has 3 heterocycles. The second-order valence-electron chi connectivity index (χ2n) is 8.23. The third-order valence-electron chi connectivity index (χ3n) is 5.94. The van der Waals surface area contributed by atoms with Gasteiger partial charge in [0.1, 0.15) is 5.01 Å².